The average molecular weight is 233 g/mol. The van der Waals surface area contributed by atoms with Gasteiger partial charge < -0.3 is 0 Å². The Morgan fingerprint density at radius 1 is 0.833 bits per heavy atom. The van der Waals surface area contributed by atoms with Crippen LogP contribution in [0.15, 0.2) is 61.2 Å². The largest absolute Gasteiger partial charge is 0.241 e. The smallest absolute Gasteiger partial charge is 0.137 e. The third-order valence-corrected chi connectivity index (χ3v) is 3.50. The molecule has 0 unspecified atom stereocenters. The van der Waals surface area contributed by atoms with Gasteiger partial charge in [0.25, 0.3) is 0 Å². The summed E-state index contributed by atoms with van der Waals surface area (Å²) in [5, 5.41) is 4.30. The summed E-state index contributed by atoms with van der Waals surface area (Å²) >= 11 is 0. The lowest BCUT2D eigenvalue weighted by atomic mass is 10.1. The minimum Gasteiger partial charge on any atom is -0.241 e. The van der Waals surface area contributed by atoms with E-state index in [4.69, 9.17) is 0 Å². The van der Waals surface area contributed by atoms with Crippen LogP contribution in [0.25, 0.3) is 11.1 Å². The summed E-state index contributed by atoms with van der Waals surface area (Å²) in [4.78, 5) is 4.06. The van der Waals surface area contributed by atoms with Gasteiger partial charge in [-0.25, -0.2) is 9.67 Å². The van der Waals surface area contributed by atoms with E-state index in [9.17, 15) is 0 Å². The molecule has 0 bridgehead atoms. The Morgan fingerprint density at radius 2 is 1.44 bits per heavy atom. The molecule has 3 aromatic rings. The summed E-state index contributed by atoms with van der Waals surface area (Å²) < 4.78 is 1.92. The zero-order chi connectivity index (χ0) is 11.9. The van der Waals surface area contributed by atoms with Crippen molar-refractivity contribution in [2.24, 2.45) is 0 Å². The van der Waals surface area contributed by atoms with Crippen LogP contribution in [0, 0.1) is 0 Å². The van der Waals surface area contributed by atoms with Gasteiger partial charge in [0.1, 0.15) is 18.7 Å². The molecule has 1 aromatic heterocycles. The molecule has 2 aromatic carbocycles. The van der Waals surface area contributed by atoms with E-state index in [1.54, 1.807) is 12.7 Å². The predicted molar refractivity (Wildman–Crippen MR) is 69.1 cm³/mol. The van der Waals surface area contributed by atoms with E-state index in [1.807, 2.05) is 4.68 Å². The van der Waals surface area contributed by atoms with Crippen LogP contribution in [0.5, 0.6) is 0 Å². The molecule has 0 aliphatic heterocycles. The van der Waals surface area contributed by atoms with Crippen LogP contribution < -0.4 is 0 Å². The molecule has 18 heavy (non-hydrogen) atoms. The summed E-state index contributed by atoms with van der Waals surface area (Å²) in [5.74, 6) is 0. The van der Waals surface area contributed by atoms with Gasteiger partial charge in [-0.1, -0.05) is 48.5 Å². The Bertz CT molecular complexity index is 656. The first-order valence-corrected chi connectivity index (χ1v) is 5.97. The van der Waals surface area contributed by atoms with Gasteiger partial charge >= 0.3 is 0 Å². The molecule has 1 aliphatic rings. The van der Waals surface area contributed by atoms with Crippen LogP contribution in [0.3, 0.4) is 0 Å². The van der Waals surface area contributed by atoms with Gasteiger partial charge in [-0.15, -0.1) is 0 Å². The molecule has 1 aliphatic carbocycles. The van der Waals surface area contributed by atoms with Crippen LogP contribution in [-0.4, -0.2) is 14.8 Å². The highest BCUT2D eigenvalue weighted by Gasteiger charge is 2.29. The lowest BCUT2D eigenvalue weighted by molar-refractivity contribution is 0.604. The third kappa shape index (κ3) is 1.19. The van der Waals surface area contributed by atoms with Crippen molar-refractivity contribution in [1.82, 2.24) is 14.8 Å². The maximum absolute atomic E-state index is 4.30. The SMILES string of the molecule is c1ccc2c(c1)-c1ccccc1C2n1cncn1. The number of fused-ring (bicyclic) bond motifs is 3. The summed E-state index contributed by atoms with van der Waals surface area (Å²) in [6, 6.07) is 17.2. The Hall–Kier alpha value is -2.42. The second-order valence-corrected chi connectivity index (χ2v) is 4.45. The zero-order valence-electron chi connectivity index (χ0n) is 9.69. The molecule has 0 fully saturated rings. The number of hydrogen-bond donors (Lipinski definition) is 0. The van der Waals surface area contributed by atoms with E-state index < -0.39 is 0 Å². The molecule has 0 N–H and O–H groups in total. The first kappa shape index (κ1) is 9.59. The lowest BCUT2D eigenvalue weighted by Gasteiger charge is -2.13. The maximum atomic E-state index is 4.30. The monoisotopic (exact) mass is 233 g/mol. The number of benzene rings is 2. The zero-order valence-corrected chi connectivity index (χ0v) is 9.69. The normalized spacial score (nSPS) is 13.3. The molecule has 0 saturated heterocycles. The van der Waals surface area contributed by atoms with Gasteiger partial charge in [0.05, 0.1) is 0 Å². The van der Waals surface area contributed by atoms with Crippen LogP contribution in [0.2, 0.25) is 0 Å². The molecule has 1 heterocycles. The van der Waals surface area contributed by atoms with Crippen molar-refractivity contribution < 1.29 is 0 Å². The van der Waals surface area contributed by atoms with Crippen LogP contribution in [-0.2, 0) is 0 Å². The lowest BCUT2D eigenvalue weighted by Crippen LogP contribution is -2.09. The Morgan fingerprint density at radius 3 is 2.00 bits per heavy atom. The molecule has 86 valence electrons. The number of hydrogen-bond acceptors (Lipinski definition) is 2. The minimum absolute atomic E-state index is 0.153. The van der Waals surface area contributed by atoms with E-state index in [-0.39, 0.29) is 6.04 Å². The van der Waals surface area contributed by atoms with Crippen molar-refractivity contribution >= 4 is 0 Å². The third-order valence-electron chi connectivity index (χ3n) is 3.50. The van der Waals surface area contributed by atoms with Crippen molar-refractivity contribution in [2.45, 2.75) is 6.04 Å². The van der Waals surface area contributed by atoms with E-state index >= 15 is 0 Å². The fraction of sp³-hybridized carbons (Fsp3) is 0.0667. The Labute approximate surface area is 105 Å². The average Bonchev–Trinajstić information content (AvgIpc) is 3.03. The standard InChI is InChI=1S/C15H11N3/c1-3-7-13-11(5-1)12-6-2-4-8-14(12)15(13)18-10-16-9-17-18/h1-10,15H. The number of rotatable bonds is 1. The van der Waals surface area contributed by atoms with E-state index in [1.165, 1.54) is 22.3 Å². The number of nitrogens with zero attached hydrogens (tertiary/aromatic N) is 3. The quantitative estimate of drug-likeness (QED) is 0.506. The fourth-order valence-electron chi connectivity index (χ4n) is 2.76. The van der Waals surface area contributed by atoms with Crippen LogP contribution in [0.1, 0.15) is 17.2 Å². The molecule has 0 saturated carbocycles. The molecule has 0 atom stereocenters. The van der Waals surface area contributed by atoms with Crippen molar-refractivity contribution in [3.05, 3.63) is 72.3 Å². The first-order chi connectivity index (χ1) is 8.95. The van der Waals surface area contributed by atoms with Gasteiger partial charge in [0, 0.05) is 0 Å². The van der Waals surface area contributed by atoms with Crippen LogP contribution in [0.4, 0.5) is 0 Å². The van der Waals surface area contributed by atoms with Gasteiger partial charge in [-0.3, -0.25) is 0 Å². The van der Waals surface area contributed by atoms with Crippen molar-refractivity contribution in [1.29, 1.82) is 0 Å². The van der Waals surface area contributed by atoms with Gasteiger partial charge in [0.2, 0.25) is 0 Å². The molecule has 0 radical (unpaired) electrons. The Balaban J connectivity index is 2.04. The van der Waals surface area contributed by atoms with Crippen molar-refractivity contribution in [2.75, 3.05) is 0 Å². The highest BCUT2D eigenvalue weighted by Crippen LogP contribution is 2.44. The molecule has 0 amide bonds. The summed E-state index contributed by atoms with van der Waals surface area (Å²) in [7, 11) is 0. The molecule has 0 spiro atoms. The topological polar surface area (TPSA) is 30.7 Å². The molecule has 3 nitrogen and oxygen atoms in total. The molecule has 4 rings (SSSR count). The maximum Gasteiger partial charge on any atom is 0.137 e. The fourth-order valence-corrected chi connectivity index (χ4v) is 2.76. The second kappa shape index (κ2) is 3.53. The van der Waals surface area contributed by atoms with Gasteiger partial charge in [-0.05, 0) is 22.3 Å². The highest BCUT2D eigenvalue weighted by atomic mass is 15.3. The van der Waals surface area contributed by atoms with Crippen molar-refractivity contribution in [3.8, 4) is 11.1 Å². The molecular weight excluding hydrogens is 222 g/mol. The summed E-state index contributed by atoms with van der Waals surface area (Å²) in [6.45, 7) is 0. The summed E-state index contributed by atoms with van der Waals surface area (Å²) in [6.07, 6.45) is 3.37. The van der Waals surface area contributed by atoms with Crippen LogP contribution >= 0.6 is 0 Å². The highest BCUT2D eigenvalue weighted by molar-refractivity contribution is 5.78. The number of aromatic nitrogens is 3. The predicted octanol–water partition coefficient (Wildman–Crippen LogP) is 2.90. The minimum atomic E-state index is 0.153. The molecule has 3 heteroatoms. The summed E-state index contributed by atoms with van der Waals surface area (Å²) in [5.41, 5.74) is 5.19. The van der Waals surface area contributed by atoms with E-state index in [2.05, 4.69) is 58.6 Å². The molecular formula is C15H11N3. The first-order valence-electron chi connectivity index (χ1n) is 5.97. The van der Waals surface area contributed by atoms with Gasteiger partial charge in [0.15, 0.2) is 0 Å². The van der Waals surface area contributed by atoms with E-state index in [0.29, 0.717) is 0 Å². The van der Waals surface area contributed by atoms with Gasteiger partial charge in [-0.2, -0.15) is 5.10 Å². The van der Waals surface area contributed by atoms with E-state index in [0.717, 1.165) is 0 Å². The second-order valence-electron chi connectivity index (χ2n) is 4.45. The van der Waals surface area contributed by atoms with Crippen molar-refractivity contribution in [3.63, 3.8) is 0 Å². The Kier molecular flexibility index (Phi) is 1.88.